The van der Waals surface area contributed by atoms with Gasteiger partial charge in [0.25, 0.3) is 0 Å². The molecule has 0 aliphatic carbocycles. The summed E-state index contributed by atoms with van der Waals surface area (Å²) in [5.74, 6) is -2.70. The Labute approximate surface area is 269 Å². The molecule has 0 saturated carbocycles. The van der Waals surface area contributed by atoms with Gasteiger partial charge in [-0.1, -0.05) is 61.9 Å². The molecular weight excluding hydrogens is 593 g/mol. The minimum atomic E-state index is -1.09. The van der Waals surface area contributed by atoms with Crippen LogP contribution in [0, 0.1) is 18.7 Å². The van der Waals surface area contributed by atoms with Gasteiger partial charge in [0.2, 0.25) is 17.7 Å². The van der Waals surface area contributed by atoms with Gasteiger partial charge in [0.05, 0.1) is 13.2 Å². The Bertz CT molecular complexity index is 1410. The van der Waals surface area contributed by atoms with Crippen LogP contribution in [0.5, 0.6) is 0 Å². The summed E-state index contributed by atoms with van der Waals surface area (Å²) in [5.41, 5.74) is 2.37. The number of hydrogen-bond donors (Lipinski definition) is 5. The van der Waals surface area contributed by atoms with Crippen LogP contribution >= 0.6 is 0 Å². The van der Waals surface area contributed by atoms with Gasteiger partial charge in [-0.05, 0) is 61.8 Å². The molecule has 4 atom stereocenters. The minimum Gasteiger partial charge on any atom is -0.467 e. The Balaban J connectivity index is 1.83. The third kappa shape index (κ3) is 11.6. The molecule has 2 unspecified atom stereocenters. The zero-order chi connectivity index (χ0) is 33.6. The standard InChI is InChI=1S/C34H44FN5O6/c1-21(2)30(33(44)46-4)40-34(45)39-28(20-23-10-7-9-22(3)17-23)32(43)38-27-13-5-6-16-36-29(41)15-14-26(37-31(27)42)19-24-11-8-12-25(35)18-24/h7-12,14-15,17-18,21,26-28,30H,5-6,13,16,19-20H2,1-4H3,(H,36,41)(H,37,42)(H,38,43)(H2,39,40,45)/b15-14+/t26-,27+,28?,30?/m1/s1. The number of nitrogens with one attached hydrogen (secondary N) is 5. The maximum absolute atomic E-state index is 13.9. The number of amides is 5. The number of ether oxygens (including phenoxy) is 1. The van der Waals surface area contributed by atoms with Gasteiger partial charge in [-0.3, -0.25) is 14.4 Å². The van der Waals surface area contributed by atoms with Crippen LogP contribution in [0.25, 0.3) is 0 Å². The van der Waals surface area contributed by atoms with Crippen molar-refractivity contribution >= 4 is 29.7 Å². The van der Waals surface area contributed by atoms with E-state index in [-0.39, 0.29) is 31.1 Å². The van der Waals surface area contributed by atoms with Crippen LogP contribution in [-0.2, 0) is 36.8 Å². The molecule has 11 nitrogen and oxygen atoms in total. The average molecular weight is 638 g/mol. The van der Waals surface area contributed by atoms with Gasteiger partial charge in [0.15, 0.2) is 0 Å². The Morgan fingerprint density at radius 2 is 1.76 bits per heavy atom. The average Bonchev–Trinajstić information content (AvgIpc) is 3.00. The lowest BCUT2D eigenvalue weighted by atomic mass is 10.0. The fourth-order valence-corrected chi connectivity index (χ4v) is 5.11. The topological polar surface area (TPSA) is 155 Å². The zero-order valence-electron chi connectivity index (χ0n) is 26.7. The number of carbonyl (C=O) groups is 5. The Morgan fingerprint density at radius 3 is 2.46 bits per heavy atom. The van der Waals surface area contributed by atoms with Crippen molar-refractivity contribution in [1.29, 1.82) is 0 Å². The normalized spacial score (nSPS) is 19.3. The monoisotopic (exact) mass is 637 g/mol. The number of hydrogen-bond acceptors (Lipinski definition) is 6. The first-order valence-corrected chi connectivity index (χ1v) is 15.5. The lowest BCUT2D eigenvalue weighted by Crippen LogP contribution is -2.58. The summed E-state index contributed by atoms with van der Waals surface area (Å²) < 4.78 is 18.7. The number of rotatable bonds is 10. The molecule has 0 radical (unpaired) electrons. The first kappa shape index (κ1) is 35.7. The maximum atomic E-state index is 13.9. The first-order valence-electron chi connectivity index (χ1n) is 15.5. The second-order valence-electron chi connectivity index (χ2n) is 11.8. The number of benzene rings is 2. The van der Waals surface area contributed by atoms with E-state index in [9.17, 15) is 28.4 Å². The minimum absolute atomic E-state index is 0.122. The Kier molecular flexibility index (Phi) is 13.7. The highest BCUT2D eigenvalue weighted by atomic mass is 19.1. The zero-order valence-corrected chi connectivity index (χ0v) is 26.7. The van der Waals surface area contributed by atoms with Gasteiger partial charge in [-0.25, -0.2) is 14.0 Å². The molecule has 0 saturated heterocycles. The molecular formula is C34H44FN5O6. The number of halogens is 1. The molecule has 5 amide bonds. The van der Waals surface area contributed by atoms with E-state index in [4.69, 9.17) is 4.74 Å². The van der Waals surface area contributed by atoms with Gasteiger partial charge in [-0.15, -0.1) is 0 Å². The lowest BCUT2D eigenvalue weighted by molar-refractivity contribution is -0.144. The summed E-state index contributed by atoms with van der Waals surface area (Å²) in [6.45, 7) is 5.80. The molecule has 1 heterocycles. The van der Waals surface area contributed by atoms with Gasteiger partial charge >= 0.3 is 12.0 Å². The predicted octanol–water partition coefficient (Wildman–Crippen LogP) is 2.61. The van der Waals surface area contributed by atoms with Crippen molar-refractivity contribution in [3.8, 4) is 0 Å². The molecule has 0 bridgehead atoms. The smallest absolute Gasteiger partial charge is 0.328 e. The summed E-state index contributed by atoms with van der Waals surface area (Å²) in [4.78, 5) is 64.9. The van der Waals surface area contributed by atoms with Crippen LogP contribution in [-0.4, -0.2) is 67.5 Å². The largest absolute Gasteiger partial charge is 0.467 e. The summed E-state index contributed by atoms with van der Waals surface area (Å²) in [5, 5.41) is 13.8. The third-order valence-electron chi connectivity index (χ3n) is 7.56. The summed E-state index contributed by atoms with van der Waals surface area (Å²) in [6, 6.07) is 9.03. The van der Waals surface area contributed by atoms with Crippen LogP contribution in [0.2, 0.25) is 0 Å². The first-order chi connectivity index (χ1) is 21.9. The van der Waals surface area contributed by atoms with Crippen LogP contribution in [0.1, 0.15) is 49.8 Å². The number of methoxy groups -OCH3 is 1. The predicted molar refractivity (Wildman–Crippen MR) is 171 cm³/mol. The van der Waals surface area contributed by atoms with Crippen LogP contribution in [0.15, 0.2) is 60.7 Å². The molecule has 2 aromatic carbocycles. The van der Waals surface area contributed by atoms with E-state index in [1.807, 2.05) is 31.2 Å². The maximum Gasteiger partial charge on any atom is 0.328 e. The molecule has 0 aromatic heterocycles. The van der Waals surface area contributed by atoms with E-state index in [1.54, 1.807) is 26.0 Å². The van der Waals surface area contributed by atoms with Crippen molar-refractivity contribution in [2.75, 3.05) is 13.7 Å². The molecule has 46 heavy (non-hydrogen) atoms. The summed E-state index contributed by atoms with van der Waals surface area (Å²) >= 11 is 0. The van der Waals surface area contributed by atoms with Crippen molar-refractivity contribution in [2.45, 2.75) is 77.0 Å². The van der Waals surface area contributed by atoms with Crippen molar-refractivity contribution in [2.24, 2.45) is 5.92 Å². The van der Waals surface area contributed by atoms with Crippen molar-refractivity contribution in [3.05, 3.63) is 83.2 Å². The van der Waals surface area contributed by atoms with E-state index in [2.05, 4.69) is 26.6 Å². The molecule has 5 N–H and O–H groups in total. The Hall–Kier alpha value is -4.74. The highest BCUT2D eigenvalue weighted by molar-refractivity contribution is 5.93. The quantitative estimate of drug-likeness (QED) is 0.253. The van der Waals surface area contributed by atoms with E-state index in [0.29, 0.717) is 24.9 Å². The fraction of sp³-hybridized carbons (Fsp3) is 0.441. The van der Waals surface area contributed by atoms with E-state index >= 15 is 0 Å². The molecule has 0 fully saturated rings. The van der Waals surface area contributed by atoms with Gasteiger partial charge < -0.3 is 31.3 Å². The molecule has 2 aromatic rings. The molecule has 12 heteroatoms. The molecule has 0 spiro atoms. The van der Waals surface area contributed by atoms with Gasteiger partial charge in [-0.2, -0.15) is 0 Å². The molecule has 248 valence electrons. The second-order valence-corrected chi connectivity index (χ2v) is 11.8. The lowest BCUT2D eigenvalue weighted by Gasteiger charge is -2.26. The number of carbonyl (C=O) groups excluding carboxylic acids is 5. The third-order valence-corrected chi connectivity index (χ3v) is 7.56. The molecule has 3 rings (SSSR count). The Morgan fingerprint density at radius 1 is 1.02 bits per heavy atom. The number of aryl methyl sites for hydroxylation is 1. The highest BCUT2D eigenvalue weighted by Crippen LogP contribution is 2.12. The van der Waals surface area contributed by atoms with Gasteiger partial charge in [0, 0.05) is 19.0 Å². The van der Waals surface area contributed by atoms with E-state index in [1.165, 1.54) is 31.4 Å². The summed E-state index contributed by atoms with van der Waals surface area (Å²) in [7, 11) is 1.23. The van der Waals surface area contributed by atoms with Crippen molar-refractivity contribution < 1.29 is 33.1 Å². The SMILES string of the molecule is COC(=O)C(NC(=O)NC(Cc1cccc(C)c1)C(=O)N[C@H]1CCCCNC(=O)/C=C/[C@H](Cc2cccc(F)c2)NC1=O)C(C)C. The van der Waals surface area contributed by atoms with Gasteiger partial charge in [0.1, 0.15) is 23.9 Å². The molecule has 1 aliphatic rings. The van der Waals surface area contributed by atoms with E-state index in [0.717, 1.165) is 11.1 Å². The van der Waals surface area contributed by atoms with Crippen molar-refractivity contribution in [3.63, 3.8) is 0 Å². The summed E-state index contributed by atoms with van der Waals surface area (Å²) in [6.07, 6.45) is 4.56. The highest BCUT2D eigenvalue weighted by Gasteiger charge is 2.30. The number of urea groups is 1. The van der Waals surface area contributed by atoms with Crippen LogP contribution in [0.4, 0.5) is 9.18 Å². The second kappa shape index (κ2) is 17.7. The van der Waals surface area contributed by atoms with Crippen LogP contribution < -0.4 is 26.6 Å². The molecule has 1 aliphatic heterocycles. The number of esters is 1. The fourth-order valence-electron chi connectivity index (χ4n) is 5.11. The van der Waals surface area contributed by atoms with Crippen LogP contribution in [0.3, 0.4) is 0 Å². The van der Waals surface area contributed by atoms with E-state index < -0.39 is 53.8 Å². The van der Waals surface area contributed by atoms with Crippen molar-refractivity contribution in [1.82, 2.24) is 26.6 Å².